The molecule has 0 atom stereocenters. The smallest absolute Gasteiger partial charge is 0.164 e. The Balaban J connectivity index is 1.09. The summed E-state index contributed by atoms with van der Waals surface area (Å²) in [6, 6.07) is 65.6. The highest BCUT2D eigenvalue weighted by Crippen LogP contribution is 2.44. The third-order valence-electron chi connectivity index (χ3n) is 10.5. The summed E-state index contributed by atoms with van der Waals surface area (Å²) in [6.45, 7) is 0. The normalized spacial score (nSPS) is 11.6. The van der Waals surface area contributed by atoms with Crippen molar-refractivity contribution in [1.29, 1.82) is 0 Å². The van der Waals surface area contributed by atoms with Gasteiger partial charge in [-0.3, -0.25) is 0 Å². The third kappa shape index (κ3) is 5.56. The van der Waals surface area contributed by atoms with Gasteiger partial charge in [0.15, 0.2) is 17.5 Å². The minimum absolute atomic E-state index is 0.639. The van der Waals surface area contributed by atoms with Crippen LogP contribution in [0.2, 0.25) is 0 Å². The van der Waals surface area contributed by atoms with Crippen LogP contribution in [0.3, 0.4) is 0 Å². The molecule has 0 aliphatic rings. The minimum Gasteiger partial charge on any atom is -0.456 e. The van der Waals surface area contributed by atoms with Crippen LogP contribution in [-0.2, 0) is 0 Å². The first-order valence-corrected chi connectivity index (χ1v) is 19.5. The quantitative estimate of drug-likeness (QED) is 0.171. The van der Waals surface area contributed by atoms with E-state index in [1.807, 2.05) is 36.4 Å². The van der Waals surface area contributed by atoms with E-state index in [-0.39, 0.29) is 0 Å². The van der Waals surface area contributed by atoms with Gasteiger partial charge in [0, 0.05) is 47.6 Å². The summed E-state index contributed by atoms with van der Waals surface area (Å²) in [6.07, 6.45) is 0. The average molecular weight is 734 g/mol. The molecule has 0 saturated heterocycles. The van der Waals surface area contributed by atoms with Crippen molar-refractivity contribution in [2.24, 2.45) is 0 Å². The van der Waals surface area contributed by atoms with Gasteiger partial charge >= 0.3 is 0 Å². The van der Waals surface area contributed by atoms with Gasteiger partial charge in [-0.1, -0.05) is 152 Å². The maximum Gasteiger partial charge on any atom is 0.164 e. The van der Waals surface area contributed by atoms with Crippen LogP contribution in [0, 0.1) is 0 Å². The monoisotopic (exact) mass is 733 g/mol. The molecule has 0 N–H and O–H groups in total. The molecular formula is C51H31N3OS. The molecule has 0 aliphatic heterocycles. The fourth-order valence-electron chi connectivity index (χ4n) is 7.87. The maximum atomic E-state index is 6.47. The van der Waals surface area contributed by atoms with Crippen LogP contribution in [-0.4, -0.2) is 15.0 Å². The summed E-state index contributed by atoms with van der Waals surface area (Å²) in [7, 11) is 0. The molecule has 4 nitrogen and oxygen atoms in total. The van der Waals surface area contributed by atoms with Crippen LogP contribution < -0.4 is 0 Å². The van der Waals surface area contributed by atoms with E-state index in [0.29, 0.717) is 17.5 Å². The van der Waals surface area contributed by atoms with Crippen molar-refractivity contribution < 1.29 is 4.42 Å². The SMILES string of the molecule is c1ccc(-c2cccc(-c3nc(-c4ccccc4)nc(-c4cccc5sc6cc(-c7cc(-c8ccccc8)cc8oc9ccccc9c78)ccc6c45)n3)c2)cc1. The highest BCUT2D eigenvalue weighted by atomic mass is 32.1. The topological polar surface area (TPSA) is 51.8 Å². The molecule has 0 amide bonds. The van der Waals surface area contributed by atoms with Crippen molar-refractivity contribution in [2.75, 3.05) is 0 Å². The summed E-state index contributed by atoms with van der Waals surface area (Å²) in [5, 5.41) is 4.56. The Kier molecular flexibility index (Phi) is 7.64. The molecule has 0 spiro atoms. The molecule has 11 aromatic rings. The van der Waals surface area contributed by atoms with Gasteiger partial charge in [0.2, 0.25) is 0 Å². The highest BCUT2D eigenvalue weighted by molar-refractivity contribution is 7.26. The van der Waals surface area contributed by atoms with Crippen molar-refractivity contribution in [3.8, 4) is 67.5 Å². The lowest BCUT2D eigenvalue weighted by molar-refractivity contribution is 0.669. The number of furan rings is 1. The summed E-state index contributed by atoms with van der Waals surface area (Å²) >= 11 is 1.80. The van der Waals surface area contributed by atoms with Crippen molar-refractivity contribution in [3.63, 3.8) is 0 Å². The predicted octanol–water partition coefficient (Wildman–Crippen LogP) is 14.1. The molecule has 5 heteroatoms. The standard InChI is InChI=1S/C51H31N3OS/c1-4-14-32(15-5-1)35-20-12-21-37(28-35)50-52-49(34-18-8-3-9-19-34)53-51(54-50)41-23-13-25-45-48(41)40-27-26-36(31-46(40)56-45)42-29-38(33-16-6-2-7-17-33)30-44-47(42)39-22-10-11-24-43(39)55-44/h1-31H. The van der Waals surface area contributed by atoms with E-state index < -0.39 is 0 Å². The van der Waals surface area contributed by atoms with E-state index in [1.165, 1.54) is 14.8 Å². The van der Waals surface area contributed by atoms with Gasteiger partial charge < -0.3 is 4.42 Å². The number of rotatable bonds is 6. The molecule has 0 unspecified atom stereocenters. The van der Waals surface area contributed by atoms with Crippen LogP contribution >= 0.6 is 11.3 Å². The van der Waals surface area contributed by atoms with Gasteiger partial charge in [-0.15, -0.1) is 11.3 Å². The first kappa shape index (κ1) is 32.2. The predicted molar refractivity (Wildman–Crippen MR) is 233 cm³/mol. The van der Waals surface area contributed by atoms with Gasteiger partial charge in [-0.25, -0.2) is 15.0 Å². The van der Waals surface area contributed by atoms with E-state index in [4.69, 9.17) is 19.4 Å². The van der Waals surface area contributed by atoms with Crippen LogP contribution in [0.5, 0.6) is 0 Å². The largest absolute Gasteiger partial charge is 0.456 e. The molecule has 262 valence electrons. The molecule has 0 aliphatic carbocycles. The molecule has 0 fully saturated rings. The Bertz CT molecular complexity index is 3240. The van der Waals surface area contributed by atoms with Gasteiger partial charge in [0.25, 0.3) is 0 Å². The molecule has 3 heterocycles. The second-order valence-corrected chi connectivity index (χ2v) is 15.1. The zero-order chi connectivity index (χ0) is 37.0. The molecule has 56 heavy (non-hydrogen) atoms. The Hall–Kier alpha value is -7.21. The van der Waals surface area contributed by atoms with Gasteiger partial charge in [0.05, 0.1) is 0 Å². The molecular weight excluding hydrogens is 703 g/mol. The third-order valence-corrected chi connectivity index (χ3v) is 11.6. The summed E-state index contributed by atoms with van der Waals surface area (Å²) < 4.78 is 8.85. The van der Waals surface area contributed by atoms with Crippen LogP contribution in [0.1, 0.15) is 0 Å². The van der Waals surface area contributed by atoms with E-state index in [9.17, 15) is 0 Å². The summed E-state index contributed by atoms with van der Waals surface area (Å²) in [5.74, 6) is 1.93. The van der Waals surface area contributed by atoms with E-state index >= 15 is 0 Å². The molecule has 0 radical (unpaired) electrons. The van der Waals surface area contributed by atoms with Gasteiger partial charge in [-0.2, -0.15) is 0 Å². The van der Waals surface area contributed by atoms with Crippen molar-refractivity contribution in [1.82, 2.24) is 15.0 Å². The Labute approximate surface area is 327 Å². The fourth-order valence-corrected chi connectivity index (χ4v) is 9.04. The number of para-hydroxylation sites is 1. The lowest BCUT2D eigenvalue weighted by Crippen LogP contribution is -2.00. The van der Waals surface area contributed by atoms with Crippen molar-refractivity contribution in [3.05, 3.63) is 188 Å². The maximum absolute atomic E-state index is 6.47. The Morgan fingerprint density at radius 2 is 0.946 bits per heavy atom. The molecule has 0 saturated carbocycles. The van der Waals surface area contributed by atoms with E-state index in [2.05, 4.69) is 152 Å². The van der Waals surface area contributed by atoms with Crippen LogP contribution in [0.15, 0.2) is 192 Å². The van der Waals surface area contributed by atoms with Gasteiger partial charge in [0.1, 0.15) is 11.2 Å². The molecule has 8 aromatic carbocycles. The Morgan fingerprint density at radius 3 is 1.73 bits per heavy atom. The number of hydrogen-bond acceptors (Lipinski definition) is 5. The molecule has 11 rings (SSSR count). The lowest BCUT2D eigenvalue weighted by atomic mass is 9.94. The van der Waals surface area contributed by atoms with Crippen molar-refractivity contribution in [2.45, 2.75) is 0 Å². The number of thiophene rings is 1. The van der Waals surface area contributed by atoms with E-state index in [1.54, 1.807) is 11.3 Å². The Morgan fingerprint density at radius 1 is 0.321 bits per heavy atom. The highest BCUT2D eigenvalue weighted by Gasteiger charge is 2.20. The minimum atomic E-state index is 0.639. The first-order chi connectivity index (χ1) is 27.7. The second-order valence-electron chi connectivity index (χ2n) is 14.0. The number of nitrogens with zero attached hydrogens (tertiary/aromatic N) is 3. The zero-order valence-electron chi connectivity index (χ0n) is 30.1. The van der Waals surface area contributed by atoms with E-state index in [0.717, 1.165) is 77.4 Å². The van der Waals surface area contributed by atoms with Crippen LogP contribution in [0.25, 0.3) is 110 Å². The van der Waals surface area contributed by atoms with Gasteiger partial charge in [-0.05, 0) is 69.8 Å². The van der Waals surface area contributed by atoms with Crippen molar-refractivity contribution >= 4 is 53.4 Å². The first-order valence-electron chi connectivity index (χ1n) is 18.7. The molecule has 0 bridgehead atoms. The second kappa shape index (κ2) is 13.3. The lowest BCUT2D eigenvalue weighted by Gasteiger charge is -2.11. The fraction of sp³-hybridized carbons (Fsp3) is 0. The number of benzene rings is 8. The van der Waals surface area contributed by atoms with Crippen LogP contribution in [0.4, 0.5) is 0 Å². The zero-order valence-corrected chi connectivity index (χ0v) is 30.9. The number of fused-ring (bicyclic) bond motifs is 6. The summed E-state index contributed by atoms with van der Waals surface area (Å²) in [5.41, 5.74) is 11.5. The number of aromatic nitrogens is 3. The number of hydrogen-bond donors (Lipinski definition) is 0. The summed E-state index contributed by atoms with van der Waals surface area (Å²) in [4.78, 5) is 15.4. The molecule has 3 aromatic heterocycles. The average Bonchev–Trinajstić information content (AvgIpc) is 3.85.